The van der Waals surface area contributed by atoms with Crippen LogP contribution in [0, 0.1) is 17.8 Å². The van der Waals surface area contributed by atoms with Gasteiger partial charge in [0.2, 0.25) is 0 Å². The van der Waals surface area contributed by atoms with Crippen LogP contribution in [0.5, 0.6) is 5.75 Å². The van der Waals surface area contributed by atoms with Crippen LogP contribution >= 0.6 is 15.9 Å². The molecule has 0 atom stereocenters. The van der Waals surface area contributed by atoms with Crippen molar-refractivity contribution >= 4 is 83.3 Å². The van der Waals surface area contributed by atoms with Crippen molar-refractivity contribution in [1.29, 1.82) is 0 Å². The fourth-order valence-corrected chi connectivity index (χ4v) is 14.1. The summed E-state index contributed by atoms with van der Waals surface area (Å²) in [5, 5.41) is 3.02. The lowest BCUT2D eigenvalue weighted by molar-refractivity contribution is 0.0832. The van der Waals surface area contributed by atoms with Crippen molar-refractivity contribution in [2.45, 2.75) is 105 Å². The van der Waals surface area contributed by atoms with Crippen molar-refractivity contribution < 1.29 is 33.5 Å². The molecule has 0 aliphatic carbocycles. The Hall–Kier alpha value is -7.88. The Kier molecular flexibility index (Phi) is 23.2. The predicted octanol–water partition coefficient (Wildman–Crippen LogP) is 15.6. The molecule has 0 saturated carbocycles. The number of halogens is 1. The number of aromatic nitrogens is 3. The summed E-state index contributed by atoms with van der Waals surface area (Å²) in [4.78, 5) is 81.8. The smallest absolute Gasteiger partial charge is 0.166 e. The van der Waals surface area contributed by atoms with Gasteiger partial charge in [-0.3, -0.25) is 28.8 Å². The van der Waals surface area contributed by atoms with Crippen LogP contribution in [0.1, 0.15) is 147 Å². The van der Waals surface area contributed by atoms with E-state index in [0.717, 1.165) is 213 Å². The minimum atomic E-state index is 0.0714. The van der Waals surface area contributed by atoms with E-state index in [-0.39, 0.29) is 46.7 Å². The third-order valence-corrected chi connectivity index (χ3v) is 19.3. The van der Waals surface area contributed by atoms with Gasteiger partial charge in [0.25, 0.3) is 0 Å². The fraction of sp³-hybridized carbons (Fsp3) is 0.377. The highest BCUT2D eigenvalue weighted by atomic mass is 79.9. The summed E-state index contributed by atoms with van der Waals surface area (Å²) in [6.07, 6.45) is 15.1. The number of carbonyl (C=O) groups excluding carboxylic acids is 6. The molecule has 14 heteroatoms. The maximum absolute atomic E-state index is 12.7. The molecule has 474 valence electrons. The number of Topliss-reactive ketones (excluding diaryl/α,β-unsaturated/α-hetero) is 6. The van der Waals surface area contributed by atoms with Gasteiger partial charge in [0.15, 0.2) is 34.7 Å². The summed E-state index contributed by atoms with van der Waals surface area (Å²) in [5.74, 6) is 2.47. The average molecular weight is 1290 g/mol. The number of benzene rings is 6. The number of ketones is 6. The van der Waals surface area contributed by atoms with Gasteiger partial charge in [-0.2, -0.15) is 0 Å². The van der Waals surface area contributed by atoms with Gasteiger partial charge in [-0.25, -0.2) is 0 Å². The molecule has 12 rings (SSSR count). The number of hydrogen-bond donors (Lipinski definition) is 0. The zero-order chi connectivity index (χ0) is 63.8. The summed E-state index contributed by atoms with van der Waals surface area (Å²) in [5.41, 5.74) is 8.11. The number of hydrogen-bond acceptors (Lipinski definition) is 10. The zero-order valence-electron chi connectivity index (χ0n) is 53.4. The van der Waals surface area contributed by atoms with Gasteiger partial charge in [0, 0.05) is 127 Å². The lowest BCUT2D eigenvalue weighted by atomic mass is 9.89. The first-order valence-corrected chi connectivity index (χ1v) is 33.6. The molecule has 0 N–H and O–H groups in total. The van der Waals surface area contributed by atoms with Crippen LogP contribution in [0.25, 0.3) is 32.7 Å². The standard InChI is InChI=1S/C26H30N2O3.C26H30N2O2.C25H27BrN2O2/c1-19(29)23-18-28(25-22(23)10-6-11-24(25)31-2)15-7-14-27-16-12-21(13-17-27)26(30)20-8-4-3-5-9-20;1-2-25(29)23-19-28(24-12-7-6-11-22(23)24)16-8-15-27-17-13-21(14-18-27)26(30)20-9-4-3-5-10-20;1-18(29)23-17-28(24-9-8-21(26)16-22(23)24)13-5-12-27-14-10-20(11-15-27)25(30)19-6-3-2-4-7-19/h3-6,8-11,18,21H,7,12-17H2,1-2H3;3-7,9-12,19,21H,2,8,13-18H2,1H3;2-4,6-9,16-17,20H,5,10-15H2,1H3. The Bertz CT molecular complexity index is 3940. The Morgan fingerprint density at radius 2 is 0.813 bits per heavy atom. The van der Waals surface area contributed by atoms with Crippen LogP contribution in [-0.4, -0.2) is 129 Å². The number of fused-ring (bicyclic) bond motifs is 3. The second-order valence-electron chi connectivity index (χ2n) is 24.7. The van der Waals surface area contributed by atoms with E-state index in [1.165, 1.54) is 0 Å². The molecule has 0 spiro atoms. The highest BCUT2D eigenvalue weighted by Crippen LogP contribution is 2.32. The number of likely N-dealkylation sites (tertiary alicyclic amines) is 3. The minimum absolute atomic E-state index is 0.0714. The van der Waals surface area contributed by atoms with Gasteiger partial charge in [0.05, 0.1) is 12.6 Å². The van der Waals surface area contributed by atoms with Crippen molar-refractivity contribution in [2.24, 2.45) is 17.8 Å². The molecule has 6 aromatic carbocycles. The molecule has 3 fully saturated rings. The molecule has 0 unspecified atom stereocenters. The predicted molar refractivity (Wildman–Crippen MR) is 368 cm³/mol. The Labute approximate surface area is 544 Å². The van der Waals surface area contributed by atoms with E-state index in [9.17, 15) is 28.8 Å². The normalized spacial score (nSPS) is 15.4. The summed E-state index contributed by atoms with van der Waals surface area (Å²) < 4.78 is 13.1. The first-order valence-electron chi connectivity index (χ1n) is 32.8. The van der Waals surface area contributed by atoms with Gasteiger partial charge >= 0.3 is 0 Å². The van der Waals surface area contributed by atoms with Gasteiger partial charge < -0.3 is 33.1 Å². The maximum atomic E-state index is 12.7. The van der Waals surface area contributed by atoms with Crippen LogP contribution in [0.2, 0.25) is 0 Å². The summed E-state index contributed by atoms with van der Waals surface area (Å²) in [7, 11) is 1.67. The molecular formula is C77H87BrN6O7. The van der Waals surface area contributed by atoms with E-state index in [1.807, 2.05) is 165 Å². The molecule has 0 radical (unpaired) electrons. The minimum Gasteiger partial charge on any atom is -0.495 e. The van der Waals surface area contributed by atoms with E-state index in [2.05, 4.69) is 56.5 Å². The average Bonchev–Trinajstić information content (AvgIpc) is 2.53. The van der Waals surface area contributed by atoms with Crippen molar-refractivity contribution in [3.05, 3.63) is 208 Å². The third kappa shape index (κ3) is 16.6. The molecule has 6 heterocycles. The van der Waals surface area contributed by atoms with Crippen LogP contribution in [0.15, 0.2) is 175 Å². The maximum Gasteiger partial charge on any atom is 0.166 e. The topological polar surface area (TPSA) is 136 Å². The molecule has 91 heavy (non-hydrogen) atoms. The number of aryl methyl sites for hydroxylation is 3. The third-order valence-electron chi connectivity index (χ3n) is 18.8. The quantitative estimate of drug-likeness (QED) is 0.0569. The summed E-state index contributed by atoms with van der Waals surface area (Å²) in [6.45, 7) is 16.6. The monoisotopic (exact) mass is 1290 g/mol. The first kappa shape index (κ1) is 66.1. The van der Waals surface area contributed by atoms with Crippen LogP contribution in [0.3, 0.4) is 0 Å². The number of carbonyl (C=O) groups is 6. The molecule has 3 aliphatic rings. The summed E-state index contributed by atoms with van der Waals surface area (Å²) in [6, 6.07) is 49.1. The molecule has 0 bridgehead atoms. The first-order chi connectivity index (χ1) is 44.3. The van der Waals surface area contributed by atoms with Gasteiger partial charge in [-0.05, 0) is 161 Å². The molecule has 9 aromatic rings. The van der Waals surface area contributed by atoms with E-state index in [0.29, 0.717) is 12.2 Å². The second kappa shape index (κ2) is 31.9. The number of rotatable bonds is 23. The largest absolute Gasteiger partial charge is 0.495 e. The number of nitrogens with zero attached hydrogens (tertiary/aromatic N) is 6. The van der Waals surface area contributed by atoms with E-state index in [4.69, 9.17) is 4.74 Å². The van der Waals surface area contributed by atoms with E-state index >= 15 is 0 Å². The lowest BCUT2D eigenvalue weighted by Crippen LogP contribution is -2.37. The SMILES string of the molecule is CC(=O)c1cn(CCCN2CCC(C(=O)c3ccccc3)CC2)c2ccc(Br)cc12.CCC(=O)c1cn(CCCN2CCC(C(=O)c3ccccc3)CC2)c2ccccc12.COc1cccc2c(C(C)=O)cn(CCCN3CCC(C(=O)c4ccccc4)CC3)c12. The van der Waals surface area contributed by atoms with Crippen molar-refractivity contribution in [3.63, 3.8) is 0 Å². The number of para-hydroxylation sites is 2. The van der Waals surface area contributed by atoms with Crippen LogP contribution < -0.4 is 4.74 Å². The lowest BCUT2D eigenvalue weighted by Gasteiger charge is -2.31. The number of methoxy groups -OCH3 is 1. The fourth-order valence-electron chi connectivity index (χ4n) is 13.7. The van der Waals surface area contributed by atoms with Gasteiger partial charge in [-0.1, -0.05) is 144 Å². The highest BCUT2D eigenvalue weighted by molar-refractivity contribution is 9.10. The van der Waals surface area contributed by atoms with Crippen molar-refractivity contribution in [3.8, 4) is 5.75 Å². The van der Waals surface area contributed by atoms with Crippen molar-refractivity contribution in [1.82, 2.24) is 28.4 Å². The molecule has 3 aromatic heterocycles. The molecule has 3 saturated heterocycles. The Morgan fingerprint density at radius 1 is 0.429 bits per heavy atom. The molecule has 0 amide bonds. The summed E-state index contributed by atoms with van der Waals surface area (Å²) >= 11 is 3.51. The Morgan fingerprint density at radius 3 is 1.25 bits per heavy atom. The van der Waals surface area contributed by atoms with Gasteiger partial charge in [0.1, 0.15) is 5.75 Å². The van der Waals surface area contributed by atoms with E-state index in [1.54, 1.807) is 21.0 Å². The number of piperidine rings is 3. The van der Waals surface area contributed by atoms with E-state index < -0.39 is 0 Å². The highest BCUT2D eigenvalue weighted by Gasteiger charge is 2.29. The zero-order valence-corrected chi connectivity index (χ0v) is 55.0. The molecule has 3 aliphatic heterocycles. The second-order valence-corrected chi connectivity index (χ2v) is 25.6. The van der Waals surface area contributed by atoms with Crippen LogP contribution in [0.4, 0.5) is 0 Å². The van der Waals surface area contributed by atoms with Crippen molar-refractivity contribution in [2.75, 3.05) is 66.0 Å². The van der Waals surface area contributed by atoms with Crippen LogP contribution in [-0.2, 0) is 19.6 Å². The molecule has 13 nitrogen and oxygen atoms in total. The Balaban J connectivity index is 0.000000150. The molecular weight excluding hydrogens is 1200 g/mol. The van der Waals surface area contributed by atoms with Gasteiger partial charge in [-0.15, -0.1) is 0 Å². The number of ether oxygens (including phenoxy) is 1.